The Hall–Kier alpha value is -2.15. The fraction of sp³-hybridized carbons (Fsp3) is 0.167. The van der Waals surface area contributed by atoms with E-state index >= 15 is 0 Å². The molecule has 6 nitrogen and oxygen atoms in total. The number of carbonyl (C=O) groups excluding carboxylic acids is 1. The first-order chi connectivity index (χ1) is 9.15. The van der Waals surface area contributed by atoms with Gasteiger partial charge >= 0.3 is 0 Å². The van der Waals surface area contributed by atoms with Crippen LogP contribution in [0.1, 0.15) is 5.56 Å². The van der Waals surface area contributed by atoms with Crippen molar-refractivity contribution in [2.75, 3.05) is 12.3 Å². The zero-order chi connectivity index (χ0) is 13.7. The number of nitrogens with one attached hydrogen (secondary N) is 1. The summed E-state index contributed by atoms with van der Waals surface area (Å²) in [4.78, 5) is 25.7. The van der Waals surface area contributed by atoms with Gasteiger partial charge in [-0.3, -0.25) is 19.9 Å². The first kappa shape index (κ1) is 13.3. The molecule has 7 heteroatoms. The summed E-state index contributed by atoms with van der Waals surface area (Å²) in [5, 5.41) is 13.8. The summed E-state index contributed by atoms with van der Waals surface area (Å²) in [6, 6.07) is 5.97. The molecule has 1 aromatic carbocycles. The molecule has 0 atom stereocenters. The number of aliphatic imine (C=N–C) groups is 1. The summed E-state index contributed by atoms with van der Waals surface area (Å²) in [6.07, 6.45) is 2.97. The van der Waals surface area contributed by atoms with Gasteiger partial charge in [-0.25, -0.2) is 0 Å². The Morgan fingerprint density at radius 3 is 2.74 bits per heavy atom. The van der Waals surface area contributed by atoms with E-state index in [-0.39, 0.29) is 11.6 Å². The van der Waals surface area contributed by atoms with Crippen LogP contribution in [-0.2, 0) is 4.79 Å². The second kappa shape index (κ2) is 6.14. The fourth-order valence-corrected chi connectivity index (χ4v) is 2.17. The van der Waals surface area contributed by atoms with Crippen LogP contribution < -0.4 is 5.32 Å². The van der Waals surface area contributed by atoms with Crippen LogP contribution in [0.2, 0.25) is 0 Å². The number of thioether (sulfide) groups is 1. The molecule has 1 N–H and O–H groups in total. The van der Waals surface area contributed by atoms with Crippen molar-refractivity contribution >= 4 is 34.6 Å². The number of benzene rings is 1. The van der Waals surface area contributed by atoms with Gasteiger partial charge in [-0.2, -0.15) is 0 Å². The molecule has 0 fully saturated rings. The highest BCUT2D eigenvalue weighted by Crippen LogP contribution is 2.13. The van der Waals surface area contributed by atoms with Crippen LogP contribution in [0, 0.1) is 10.1 Å². The number of non-ortho nitro benzene ring substituents is 1. The van der Waals surface area contributed by atoms with Crippen molar-refractivity contribution in [3.63, 3.8) is 0 Å². The summed E-state index contributed by atoms with van der Waals surface area (Å²) in [6.45, 7) is 0.729. The van der Waals surface area contributed by atoms with E-state index in [1.165, 1.54) is 30.0 Å². The van der Waals surface area contributed by atoms with E-state index in [4.69, 9.17) is 0 Å². The van der Waals surface area contributed by atoms with Crippen molar-refractivity contribution in [1.29, 1.82) is 0 Å². The second-order valence-corrected chi connectivity index (χ2v) is 4.79. The quantitative estimate of drug-likeness (QED) is 0.519. The number of amides is 1. The Morgan fingerprint density at radius 1 is 1.42 bits per heavy atom. The van der Waals surface area contributed by atoms with Gasteiger partial charge in [-0.15, -0.1) is 0 Å². The third-order valence-electron chi connectivity index (χ3n) is 2.35. The summed E-state index contributed by atoms with van der Waals surface area (Å²) in [7, 11) is 0. The summed E-state index contributed by atoms with van der Waals surface area (Å²) < 4.78 is 0. The van der Waals surface area contributed by atoms with Gasteiger partial charge in [0.15, 0.2) is 5.17 Å². The molecule has 0 aromatic heterocycles. The largest absolute Gasteiger partial charge is 0.302 e. The summed E-state index contributed by atoms with van der Waals surface area (Å²) >= 11 is 1.51. The monoisotopic (exact) mass is 277 g/mol. The predicted molar refractivity (Wildman–Crippen MR) is 75.0 cm³/mol. The van der Waals surface area contributed by atoms with Crippen LogP contribution in [0.25, 0.3) is 6.08 Å². The Kier molecular flexibility index (Phi) is 4.30. The van der Waals surface area contributed by atoms with Gasteiger partial charge in [0.2, 0.25) is 5.91 Å². The molecule has 0 unspecified atom stereocenters. The van der Waals surface area contributed by atoms with Crippen LogP contribution >= 0.6 is 11.8 Å². The standard InChI is InChI=1S/C12H11N3O3S/c16-11(14-12-13-7-8-19-12)6-3-9-1-4-10(5-2-9)15(17)18/h1-6H,7-8H2,(H,13,14,16). The molecule has 98 valence electrons. The Balaban J connectivity index is 1.94. The van der Waals surface area contributed by atoms with E-state index in [0.29, 0.717) is 5.17 Å². The number of carbonyl (C=O) groups is 1. The number of nitro benzene ring substituents is 1. The van der Waals surface area contributed by atoms with Crippen molar-refractivity contribution in [1.82, 2.24) is 5.32 Å². The Bertz CT molecular complexity index is 552. The zero-order valence-electron chi connectivity index (χ0n) is 9.91. The molecule has 1 aliphatic heterocycles. The van der Waals surface area contributed by atoms with Crippen molar-refractivity contribution in [3.05, 3.63) is 46.0 Å². The van der Waals surface area contributed by atoms with Gasteiger partial charge in [-0.05, 0) is 23.8 Å². The van der Waals surface area contributed by atoms with Crippen molar-refractivity contribution in [3.8, 4) is 0 Å². The van der Waals surface area contributed by atoms with Crippen LogP contribution in [0.5, 0.6) is 0 Å². The van der Waals surface area contributed by atoms with Gasteiger partial charge in [0, 0.05) is 24.0 Å². The van der Waals surface area contributed by atoms with Crippen molar-refractivity contribution in [2.24, 2.45) is 4.99 Å². The molecule has 1 aliphatic rings. The second-order valence-electron chi connectivity index (χ2n) is 3.71. The molecular formula is C12H11N3O3S. The maximum atomic E-state index is 11.5. The molecule has 1 amide bonds. The van der Waals surface area contributed by atoms with Gasteiger partial charge in [0.1, 0.15) is 0 Å². The number of amidine groups is 1. The topological polar surface area (TPSA) is 84.6 Å². The lowest BCUT2D eigenvalue weighted by molar-refractivity contribution is -0.384. The van der Waals surface area contributed by atoms with Gasteiger partial charge < -0.3 is 5.32 Å². The molecule has 0 bridgehead atoms. The molecule has 1 heterocycles. The lowest BCUT2D eigenvalue weighted by Crippen LogP contribution is -2.25. The molecule has 0 radical (unpaired) electrons. The van der Waals surface area contributed by atoms with Crippen molar-refractivity contribution < 1.29 is 9.72 Å². The van der Waals surface area contributed by atoms with Crippen LogP contribution in [0.4, 0.5) is 5.69 Å². The minimum absolute atomic E-state index is 0.0262. The summed E-state index contributed by atoms with van der Waals surface area (Å²) in [5.74, 6) is 0.633. The average molecular weight is 277 g/mol. The minimum Gasteiger partial charge on any atom is -0.302 e. The Labute approximate surface area is 113 Å². The molecular weight excluding hydrogens is 266 g/mol. The van der Waals surface area contributed by atoms with Crippen molar-refractivity contribution in [2.45, 2.75) is 0 Å². The maximum Gasteiger partial charge on any atom is 0.269 e. The number of rotatable bonds is 3. The smallest absolute Gasteiger partial charge is 0.269 e. The highest BCUT2D eigenvalue weighted by atomic mass is 32.2. The first-order valence-electron chi connectivity index (χ1n) is 5.56. The molecule has 0 spiro atoms. The average Bonchev–Trinajstić information content (AvgIpc) is 2.89. The van der Waals surface area contributed by atoms with Crippen LogP contribution in [0.15, 0.2) is 35.3 Å². The van der Waals surface area contributed by atoms with E-state index in [9.17, 15) is 14.9 Å². The van der Waals surface area contributed by atoms with E-state index in [1.54, 1.807) is 18.2 Å². The molecule has 1 aromatic rings. The number of hydrogen-bond acceptors (Lipinski definition) is 5. The maximum absolute atomic E-state index is 11.5. The normalized spacial score (nSPS) is 14.4. The molecule has 0 aliphatic carbocycles. The fourth-order valence-electron chi connectivity index (χ4n) is 1.44. The van der Waals surface area contributed by atoms with Gasteiger partial charge in [-0.1, -0.05) is 11.8 Å². The number of nitrogens with zero attached hydrogens (tertiary/aromatic N) is 2. The minimum atomic E-state index is -0.463. The van der Waals surface area contributed by atoms with Crippen LogP contribution in [0.3, 0.4) is 0 Å². The predicted octanol–water partition coefficient (Wildman–Crippen LogP) is 1.83. The van der Waals surface area contributed by atoms with E-state index in [1.807, 2.05) is 0 Å². The van der Waals surface area contributed by atoms with Crippen LogP contribution in [-0.4, -0.2) is 28.3 Å². The zero-order valence-corrected chi connectivity index (χ0v) is 10.7. The Morgan fingerprint density at radius 2 is 2.16 bits per heavy atom. The third kappa shape index (κ3) is 3.92. The molecule has 0 saturated carbocycles. The number of nitro groups is 1. The third-order valence-corrected chi connectivity index (χ3v) is 3.24. The molecule has 2 rings (SSSR count). The lowest BCUT2D eigenvalue weighted by atomic mass is 10.2. The SMILES string of the molecule is O=C(C=Cc1ccc([N+](=O)[O-])cc1)NC1=NCCS1. The highest BCUT2D eigenvalue weighted by molar-refractivity contribution is 8.14. The first-order valence-corrected chi connectivity index (χ1v) is 6.54. The van der Waals surface area contributed by atoms with E-state index in [0.717, 1.165) is 17.9 Å². The van der Waals surface area contributed by atoms with E-state index < -0.39 is 4.92 Å². The van der Waals surface area contributed by atoms with Gasteiger partial charge in [0.05, 0.1) is 11.5 Å². The molecule has 19 heavy (non-hydrogen) atoms. The number of hydrogen-bond donors (Lipinski definition) is 1. The lowest BCUT2D eigenvalue weighted by Gasteiger charge is -1.98. The highest BCUT2D eigenvalue weighted by Gasteiger charge is 2.08. The molecule has 0 saturated heterocycles. The van der Waals surface area contributed by atoms with Gasteiger partial charge in [0.25, 0.3) is 5.69 Å². The summed E-state index contributed by atoms with van der Waals surface area (Å²) in [5.41, 5.74) is 0.750. The van der Waals surface area contributed by atoms with E-state index in [2.05, 4.69) is 10.3 Å².